The molecule has 0 radical (unpaired) electrons. The smallest absolute Gasteiger partial charge is 0.230 e. The van der Waals surface area contributed by atoms with Gasteiger partial charge in [-0.25, -0.2) is 0 Å². The van der Waals surface area contributed by atoms with Gasteiger partial charge in [0.05, 0.1) is 18.6 Å². The minimum Gasteiger partial charge on any atom is -0.378 e. The number of carbonyl (C=O) groups is 2. The SMILES string of the molecule is CC(C)C(=O)N1CC[C@@H]2N(C)CC[C@@]2(C(=O)N2CCOCC2)CC1. The van der Waals surface area contributed by atoms with Gasteiger partial charge >= 0.3 is 0 Å². The molecule has 3 rings (SSSR count). The molecule has 0 aromatic rings. The first-order chi connectivity index (χ1) is 11.5. The molecule has 6 heteroatoms. The van der Waals surface area contributed by atoms with Crippen LogP contribution in [0.3, 0.4) is 0 Å². The molecule has 3 fully saturated rings. The Labute approximate surface area is 145 Å². The van der Waals surface area contributed by atoms with Crippen LogP contribution < -0.4 is 0 Å². The molecule has 136 valence electrons. The molecule has 0 saturated carbocycles. The third-order valence-electron chi connectivity index (χ3n) is 6.11. The summed E-state index contributed by atoms with van der Waals surface area (Å²) in [5.41, 5.74) is -0.321. The third-order valence-corrected chi connectivity index (χ3v) is 6.11. The number of nitrogens with zero attached hydrogens (tertiary/aromatic N) is 3. The maximum atomic E-state index is 13.4. The zero-order valence-corrected chi connectivity index (χ0v) is 15.3. The molecule has 0 unspecified atom stereocenters. The van der Waals surface area contributed by atoms with E-state index in [0.29, 0.717) is 38.8 Å². The summed E-state index contributed by atoms with van der Waals surface area (Å²) in [6.45, 7) is 9.03. The number of fused-ring (bicyclic) bond motifs is 1. The fraction of sp³-hybridized carbons (Fsp3) is 0.889. The van der Waals surface area contributed by atoms with E-state index in [1.165, 1.54) is 0 Å². The maximum Gasteiger partial charge on any atom is 0.230 e. The minimum absolute atomic E-state index is 0.0200. The highest BCUT2D eigenvalue weighted by atomic mass is 16.5. The van der Waals surface area contributed by atoms with Gasteiger partial charge in [-0.1, -0.05) is 13.8 Å². The quantitative estimate of drug-likeness (QED) is 0.748. The maximum absolute atomic E-state index is 13.4. The fourth-order valence-corrected chi connectivity index (χ4v) is 4.66. The molecule has 0 aromatic carbocycles. The molecule has 0 aliphatic carbocycles. The van der Waals surface area contributed by atoms with Gasteiger partial charge in [-0.2, -0.15) is 0 Å². The predicted octanol–water partition coefficient (Wildman–Crippen LogP) is 0.814. The Morgan fingerprint density at radius 2 is 1.67 bits per heavy atom. The molecule has 3 heterocycles. The Balaban J connectivity index is 1.80. The highest BCUT2D eigenvalue weighted by Crippen LogP contribution is 2.44. The van der Waals surface area contributed by atoms with Gasteiger partial charge in [-0.15, -0.1) is 0 Å². The highest BCUT2D eigenvalue weighted by molar-refractivity contribution is 5.84. The average Bonchev–Trinajstić information content (AvgIpc) is 2.80. The van der Waals surface area contributed by atoms with E-state index in [4.69, 9.17) is 4.74 Å². The van der Waals surface area contributed by atoms with Crippen molar-refractivity contribution >= 4 is 11.8 Å². The van der Waals surface area contributed by atoms with Gasteiger partial charge < -0.3 is 19.4 Å². The summed E-state index contributed by atoms with van der Waals surface area (Å²) >= 11 is 0. The van der Waals surface area contributed by atoms with Crippen LogP contribution in [-0.4, -0.2) is 85.5 Å². The average molecular weight is 337 g/mol. The second kappa shape index (κ2) is 7.00. The lowest BCUT2D eigenvalue weighted by Crippen LogP contribution is -2.53. The number of ether oxygens (including phenoxy) is 1. The van der Waals surface area contributed by atoms with Crippen molar-refractivity contribution < 1.29 is 14.3 Å². The van der Waals surface area contributed by atoms with Crippen molar-refractivity contribution in [2.24, 2.45) is 11.3 Å². The fourth-order valence-electron chi connectivity index (χ4n) is 4.66. The number of hydrogen-bond acceptors (Lipinski definition) is 4. The summed E-state index contributed by atoms with van der Waals surface area (Å²) in [5, 5.41) is 0. The van der Waals surface area contributed by atoms with Crippen LogP contribution in [0, 0.1) is 11.3 Å². The topological polar surface area (TPSA) is 53.1 Å². The van der Waals surface area contributed by atoms with Gasteiger partial charge in [0.2, 0.25) is 11.8 Å². The van der Waals surface area contributed by atoms with Crippen molar-refractivity contribution in [2.45, 2.75) is 39.2 Å². The second-order valence-electron chi connectivity index (χ2n) is 7.83. The van der Waals surface area contributed by atoms with Gasteiger partial charge in [0.25, 0.3) is 0 Å². The monoisotopic (exact) mass is 337 g/mol. The number of morpholine rings is 1. The van der Waals surface area contributed by atoms with Crippen LogP contribution in [0.25, 0.3) is 0 Å². The van der Waals surface area contributed by atoms with Crippen LogP contribution in [0.4, 0.5) is 0 Å². The van der Waals surface area contributed by atoms with Gasteiger partial charge in [0.1, 0.15) is 0 Å². The van der Waals surface area contributed by atoms with Crippen molar-refractivity contribution in [3.05, 3.63) is 0 Å². The van der Waals surface area contributed by atoms with Crippen molar-refractivity contribution in [2.75, 3.05) is 53.0 Å². The Hall–Kier alpha value is -1.14. The molecular weight excluding hydrogens is 306 g/mol. The lowest BCUT2D eigenvalue weighted by molar-refractivity contribution is -0.148. The van der Waals surface area contributed by atoms with E-state index in [-0.39, 0.29) is 23.3 Å². The second-order valence-corrected chi connectivity index (χ2v) is 7.83. The molecule has 0 aromatic heterocycles. The normalized spacial score (nSPS) is 31.9. The number of hydrogen-bond donors (Lipinski definition) is 0. The molecule has 6 nitrogen and oxygen atoms in total. The molecule has 2 amide bonds. The van der Waals surface area contributed by atoms with E-state index in [1.807, 2.05) is 23.6 Å². The molecule has 3 saturated heterocycles. The molecule has 24 heavy (non-hydrogen) atoms. The van der Waals surface area contributed by atoms with Gasteiger partial charge in [-0.3, -0.25) is 9.59 Å². The third kappa shape index (κ3) is 3.06. The Bertz CT molecular complexity index is 490. The van der Waals surface area contributed by atoms with E-state index in [0.717, 1.165) is 32.4 Å². The minimum atomic E-state index is -0.321. The summed E-state index contributed by atoms with van der Waals surface area (Å²) in [5.74, 6) is 0.525. The van der Waals surface area contributed by atoms with E-state index < -0.39 is 0 Å². The largest absolute Gasteiger partial charge is 0.378 e. The number of likely N-dealkylation sites (tertiary alicyclic amines) is 2. The number of amides is 2. The molecular formula is C18H31N3O3. The van der Waals surface area contributed by atoms with Crippen molar-refractivity contribution in [3.8, 4) is 0 Å². The van der Waals surface area contributed by atoms with Gasteiger partial charge in [0.15, 0.2) is 0 Å². The molecule has 3 aliphatic rings. The first-order valence-corrected chi connectivity index (χ1v) is 9.32. The number of rotatable bonds is 2. The zero-order chi connectivity index (χ0) is 17.3. The first kappa shape index (κ1) is 17.7. The lowest BCUT2D eigenvalue weighted by atomic mass is 9.75. The molecule has 0 spiro atoms. The Morgan fingerprint density at radius 1 is 1.00 bits per heavy atom. The van der Waals surface area contributed by atoms with Crippen LogP contribution in [0.15, 0.2) is 0 Å². The highest BCUT2D eigenvalue weighted by Gasteiger charge is 2.54. The van der Waals surface area contributed by atoms with E-state index in [1.54, 1.807) is 0 Å². The van der Waals surface area contributed by atoms with Crippen LogP contribution in [0.5, 0.6) is 0 Å². The van der Waals surface area contributed by atoms with Crippen molar-refractivity contribution in [3.63, 3.8) is 0 Å². The Kier molecular flexibility index (Phi) is 5.16. The number of carbonyl (C=O) groups excluding carboxylic acids is 2. The Morgan fingerprint density at radius 3 is 2.33 bits per heavy atom. The summed E-state index contributed by atoms with van der Waals surface area (Å²) in [7, 11) is 2.12. The van der Waals surface area contributed by atoms with Crippen LogP contribution >= 0.6 is 0 Å². The van der Waals surface area contributed by atoms with Crippen molar-refractivity contribution in [1.29, 1.82) is 0 Å². The molecule has 0 N–H and O–H groups in total. The first-order valence-electron chi connectivity index (χ1n) is 9.32. The standard InChI is InChI=1S/C18H31N3O3/c1-14(2)16(22)20-7-4-15-18(6-9-20,5-8-19(15)3)17(23)21-10-12-24-13-11-21/h14-15H,4-13H2,1-3H3/t15-,18+/m0/s1. The summed E-state index contributed by atoms with van der Waals surface area (Å²) in [6, 6.07) is 0.248. The summed E-state index contributed by atoms with van der Waals surface area (Å²) in [4.78, 5) is 32.1. The lowest BCUT2D eigenvalue weighted by Gasteiger charge is -2.39. The van der Waals surface area contributed by atoms with Gasteiger partial charge in [-0.05, 0) is 32.9 Å². The summed E-state index contributed by atoms with van der Waals surface area (Å²) < 4.78 is 5.41. The van der Waals surface area contributed by atoms with E-state index >= 15 is 0 Å². The van der Waals surface area contributed by atoms with Crippen LogP contribution in [0.2, 0.25) is 0 Å². The zero-order valence-electron chi connectivity index (χ0n) is 15.3. The van der Waals surface area contributed by atoms with Gasteiger partial charge in [0, 0.05) is 38.1 Å². The molecule has 0 bridgehead atoms. The van der Waals surface area contributed by atoms with E-state index in [2.05, 4.69) is 11.9 Å². The predicted molar refractivity (Wildman–Crippen MR) is 91.5 cm³/mol. The van der Waals surface area contributed by atoms with Crippen LogP contribution in [-0.2, 0) is 14.3 Å². The molecule has 3 aliphatic heterocycles. The van der Waals surface area contributed by atoms with Crippen LogP contribution in [0.1, 0.15) is 33.1 Å². The molecule has 2 atom stereocenters. The van der Waals surface area contributed by atoms with E-state index in [9.17, 15) is 9.59 Å². The van der Waals surface area contributed by atoms with Crippen molar-refractivity contribution in [1.82, 2.24) is 14.7 Å². The summed E-state index contributed by atoms with van der Waals surface area (Å²) in [6.07, 6.45) is 2.59.